The van der Waals surface area contributed by atoms with Crippen molar-refractivity contribution in [1.29, 1.82) is 0 Å². The van der Waals surface area contributed by atoms with E-state index in [-0.39, 0.29) is 42.7 Å². The Morgan fingerprint density at radius 2 is 1.74 bits per heavy atom. The molecule has 12 heteroatoms. The van der Waals surface area contributed by atoms with Crippen LogP contribution in [0.25, 0.3) is 11.9 Å². The van der Waals surface area contributed by atoms with Crippen molar-refractivity contribution in [3.8, 4) is 5.82 Å². The zero-order valence-electron chi connectivity index (χ0n) is 19.5. The first-order valence-electron chi connectivity index (χ1n) is 10.9. The summed E-state index contributed by atoms with van der Waals surface area (Å²) in [7, 11) is -3.80. The molecule has 11 nitrogen and oxygen atoms in total. The molecular formula is C23H25N5O6S. The van der Waals surface area contributed by atoms with Crippen LogP contribution >= 0.6 is 0 Å². The topological polar surface area (TPSA) is 132 Å². The third kappa shape index (κ3) is 4.88. The largest absolute Gasteiger partial charge is 0.360 e. The number of nitro benzene ring substituents is 1. The number of benzene rings is 1. The highest BCUT2D eigenvalue weighted by molar-refractivity contribution is 7.89. The number of nitrogens with zero attached hydrogens (tertiary/aromatic N) is 5. The van der Waals surface area contributed by atoms with Gasteiger partial charge in [0, 0.05) is 61.8 Å². The summed E-state index contributed by atoms with van der Waals surface area (Å²) < 4.78 is 34.1. The molecule has 1 amide bonds. The summed E-state index contributed by atoms with van der Waals surface area (Å²) in [5.74, 6) is 1.17. The Morgan fingerprint density at radius 1 is 1.09 bits per heavy atom. The van der Waals surface area contributed by atoms with Gasteiger partial charge >= 0.3 is 0 Å². The van der Waals surface area contributed by atoms with E-state index in [4.69, 9.17) is 4.52 Å². The van der Waals surface area contributed by atoms with E-state index in [2.05, 4.69) is 5.16 Å². The summed E-state index contributed by atoms with van der Waals surface area (Å²) in [6.07, 6.45) is 3.23. The predicted octanol–water partition coefficient (Wildman–Crippen LogP) is 2.85. The van der Waals surface area contributed by atoms with Crippen molar-refractivity contribution >= 4 is 27.7 Å². The fourth-order valence-corrected chi connectivity index (χ4v) is 5.49. The second-order valence-electron chi connectivity index (χ2n) is 8.27. The van der Waals surface area contributed by atoms with E-state index in [1.165, 1.54) is 22.5 Å². The molecule has 1 aromatic carbocycles. The van der Waals surface area contributed by atoms with Gasteiger partial charge in [-0.15, -0.1) is 0 Å². The van der Waals surface area contributed by atoms with Crippen LogP contribution in [0.5, 0.6) is 0 Å². The first-order valence-corrected chi connectivity index (χ1v) is 12.4. The Hall–Kier alpha value is -3.77. The van der Waals surface area contributed by atoms with Crippen LogP contribution in [0.1, 0.15) is 22.7 Å². The molecule has 0 spiro atoms. The third-order valence-electron chi connectivity index (χ3n) is 5.96. The van der Waals surface area contributed by atoms with Gasteiger partial charge in [-0.3, -0.25) is 19.5 Å². The lowest BCUT2D eigenvalue weighted by Gasteiger charge is -2.33. The smallest absolute Gasteiger partial charge is 0.269 e. The Bertz CT molecular complexity index is 1400. The van der Waals surface area contributed by atoms with E-state index in [0.717, 1.165) is 29.1 Å². The number of sulfonamides is 1. The van der Waals surface area contributed by atoms with Gasteiger partial charge in [0.05, 0.1) is 9.82 Å². The fourth-order valence-electron chi connectivity index (χ4n) is 4.07. The molecule has 35 heavy (non-hydrogen) atoms. The summed E-state index contributed by atoms with van der Waals surface area (Å²) in [5.41, 5.74) is 2.56. The summed E-state index contributed by atoms with van der Waals surface area (Å²) >= 11 is 0. The van der Waals surface area contributed by atoms with Gasteiger partial charge in [0.1, 0.15) is 5.76 Å². The quantitative estimate of drug-likeness (QED) is 0.289. The number of aryl methyl sites for hydroxylation is 2. The molecule has 0 radical (unpaired) electrons. The molecule has 0 unspecified atom stereocenters. The van der Waals surface area contributed by atoms with Crippen LogP contribution in [-0.4, -0.2) is 64.4 Å². The number of nitro groups is 1. The highest BCUT2D eigenvalue weighted by Crippen LogP contribution is 2.23. The van der Waals surface area contributed by atoms with Crippen LogP contribution in [-0.2, 0) is 14.8 Å². The first kappa shape index (κ1) is 24.4. The Balaban J connectivity index is 1.40. The molecule has 0 N–H and O–H groups in total. The third-order valence-corrected chi connectivity index (χ3v) is 7.87. The van der Waals surface area contributed by atoms with Crippen molar-refractivity contribution in [2.24, 2.45) is 0 Å². The summed E-state index contributed by atoms with van der Waals surface area (Å²) in [5, 5.41) is 14.9. The van der Waals surface area contributed by atoms with E-state index in [1.54, 1.807) is 11.0 Å². The molecule has 1 saturated heterocycles. The number of non-ortho nitro benzene ring substituents is 1. The van der Waals surface area contributed by atoms with Crippen molar-refractivity contribution in [1.82, 2.24) is 18.9 Å². The Labute approximate surface area is 202 Å². The number of piperazine rings is 1. The molecule has 0 saturated carbocycles. The molecule has 1 aliphatic rings. The van der Waals surface area contributed by atoms with Gasteiger partial charge in [0.15, 0.2) is 5.82 Å². The molecule has 0 bridgehead atoms. The van der Waals surface area contributed by atoms with Gasteiger partial charge in [-0.25, -0.2) is 8.42 Å². The van der Waals surface area contributed by atoms with Gasteiger partial charge in [-0.2, -0.15) is 4.31 Å². The van der Waals surface area contributed by atoms with Crippen LogP contribution in [0.15, 0.2) is 51.9 Å². The van der Waals surface area contributed by atoms with Gasteiger partial charge in [0.25, 0.3) is 5.69 Å². The minimum absolute atomic E-state index is 0.0135. The van der Waals surface area contributed by atoms with Crippen molar-refractivity contribution in [2.75, 3.05) is 26.2 Å². The number of carbonyl (C=O) groups excluding carboxylic acids is 1. The Kier molecular flexibility index (Phi) is 6.59. The lowest BCUT2D eigenvalue weighted by atomic mass is 10.2. The average molecular weight is 500 g/mol. The highest BCUT2D eigenvalue weighted by Gasteiger charge is 2.30. The highest BCUT2D eigenvalue weighted by atomic mass is 32.2. The van der Waals surface area contributed by atoms with Crippen molar-refractivity contribution in [3.05, 3.63) is 75.3 Å². The molecule has 4 rings (SSSR count). The normalized spacial score (nSPS) is 15.1. The van der Waals surface area contributed by atoms with Crippen molar-refractivity contribution in [2.45, 2.75) is 25.7 Å². The molecule has 0 aliphatic carbocycles. The second-order valence-corrected chi connectivity index (χ2v) is 10.2. The molecular weight excluding hydrogens is 474 g/mol. The lowest BCUT2D eigenvalue weighted by Crippen LogP contribution is -2.50. The van der Waals surface area contributed by atoms with E-state index in [9.17, 15) is 23.3 Å². The zero-order chi connectivity index (χ0) is 25.3. The zero-order valence-corrected chi connectivity index (χ0v) is 20.4. The number of hydrogen-bond acceptors (Lipinski definition) is 7. The van der Waals surface area contributed by atoms with Crippen LogP contribution in [0.4, 0.5) is 5.69 Å². The van der Waals surface area contributed by atoms with Gasteiger partial charge in [0.2, 0.25) is 15.9 Å². The molecule has 184 valence electrons. The van der Waals surface area contributed by atoms with Crippen LogP contribution < -0.4 is 0 Å². The lowest BCUT2D eigenvalue weighted by molar-refractivity contribution is -0.384. The van der Waals surface area contributed by atoms with E-state index in [1.807, 2.05) is 37.5 Å². The predicted molar refractivity (Wildman–Crippen MR) is 128 cm³/mol. The molecule has 2 aromatic heterocycles. The number of aromatic nitrogens is 2. The molecule has 3 heterocycles. The molecule has 0 atom stereocenters. The summed E-state index contributed by atoms with van der Waals surface area (Å²) in [6.45, 7) is 6.46. The van der Waals surface area contributed by atoms with Crippen LogP contribution in [0.2, 0.25) is 0 Å². The first-order chi connectivity index (χ1) is 16.6. The van der Waals surface area contributed by atoms with Gasteiger partial charge in [-0.1, -0.05) is 5.16 Å². The molecule has 1 aliphatic heterocycles. The maximum atomic E-state index is 12.9. The maximum absolute atomic E-state index is 12.9. The van der Waals surface area contributed by atoms with E-state index in [0.29, 0.717) is 11.6 Å². The number of carbonyl (C=O) groups is 1. The maximum Gasteiger partial charge on any atom is 0.269 e. The molecule has 3 aromatic rings. The second kappa shape index (κ2) is 9.47. The van der Waals surface area contributed by atoms with Crippen LogP contribution in [0, 0.1) is 30.9 Å². The Morgan fingerprint density at radius 3 is 2.31 bits per heavy atom. The standard InChI is InChI=1S/C23H25N5O6S/c1-16-14-19(18(3)27(16)22-15-17(2)34-24-22)4-9-23(29)25-10-12-26(13-11-25)35(32,33)21-7-5-20(6-8-21)28(30)31/h4-9,14-15H,10-13H2,1-3H3/b9-4+. The SMILES string of the molecule is Cc1cc(-n2c(C)cc(/C=C/C(=O)N3CCN(S(=O)(=O)c4ccc([N+](=O)[O-])cc4)CC3)c2C)no1. The summed E-state index contributed by atoms with van der Waals surface area (Å²) in [6, 6.07) is 8.58. The van der Waals surface area contributed by atoms with Crippen molar-refractivity contribution in [3.63, 3.8) is 0 Å². The van der Waals surface area contributed by atoms with Crippen LogP contribution in [0.3, 0.4) is 0 Å². The number of amides is 1. The molecule has 1 fully saturated rings. The minimum atomic E-state index is -3.80. The van der Waals surface area contributed by atoms with Gasteiger partial charge < -0.3 is 9.42 Å². The van der Waals surface area contributed by atoms with Gasteiger partial charge in [-0.05, 0) is 50.6 Å². The summed E-state index contributed by atoms with van der Waals surface area (Å²) in [4.78, 5) is 24.6. The average Bonchev–Trinajstić information content (AvgIpc) is 3.38. The van der Waals surface area contributed by atoms with E-state index >= 15 is 0 Å². The number of hydrogen-bond donors (Lipinski definition) is 0. The van der Waals surface area contributed by atoms with E-state index < -0.39 is 14.9 Å². The van der Waals surface area contributed by atoms with Crippen molar-refractivity contribution < 1.29 is 22.7 Å². The number of rotatable bonds is 6. The fraction of sp³-hybridized carbons (Fsp3) is 0.304. The minimum Gasteiger partial charge on any atom is -0.360 e. The monoisotopic (exact) mass is 499 g/mol.